The Morgan fingerprint density at radius 2 is 1.72 bits per heavy atom. The summed E-state index contributed by atoms with van der Waals surface area (Å²) in [4.78, 5) is 29.3. The Hall–Kier alpha value is -2.08. The molecular formula is C22H25Cl2N3O2. The Kier molecular flexibility index (Phi) is 6.83. The van der Waals surface area contributed by atoms with Crippen LogP contribution >= 0.6 is 23.2 Å². The third-order valence-corrected chi connectivity index (χ3v) is 5.81. The maximum Gasteiger partial charge on any atom is 0.253 e. The molecule has 0 aromatic heterocycles. The van der Waals surface area contributed by atoms with Gasteiger partial charge in [-0.25, -0.2) is 0 Å². The van der Waals surface area contributed by atoms with Gasteiger partial charge < -0.3 is 10.2 Å². The monoisotopic (exact) mass is 433 g/mol. The molecule has 1 aliphatic rings. The van der Waals surface area contributed by atoms with E-state index in [-0.39, 0.29) is 17.9 Å². The van der Waals surface area contributed by atoms with Crippen LogP contribution in [0.1, 0.15) is 28.4 Å². The molecule has 29 heavy (non-hydrogen) atoms. The maximum absolute atomic E-state index is 12.8. The van der Waals surface area contributed by atoms with Crippen molar-refractivity contribution in [1.82, 2.24) is 9.80 Å². The van der Waals surface area contributed by atoms with E-state index in [0.717, 1.165) is 11.1 Å². The number of piperazine rings is 1. The fraction of sp³-hybridized carbons (Fsp3) is 0.364. The van der Waals surface area contributed by atoms with E-state index in [2.05, 4.69) is 10.2 Å². The topological polar surface area (TPSA) is 52.7 Å². The van der Waals surface area contributed by atoms with Gasteiger partial charge in [-0.1, -0.05) is 35.3 Å². The molecule has 1 heterocycles. The molecule has 0 spiro atoms. The normalized spacial score (nSPS) is 15.8. The first-order valence-corrected chi connectivity index (χ1v) is 10.4. The number of hydrogen-bond donors (Lipinski definition) is 1. The van der Waals surface area contributed by atoms with Crippen LogP contribution < -0.4 is 5.32 Å². The second kappa shape index (κ2) is 9.16. The molecule has 0 aliphatic carbocycles. The van der Waals surface area contributed by atoms with Crippen molar-refractivity contribution in [1.29, 1.82) is 0 Å². The summed E-state index contributed by atoms with van der Waals surface area (Å²) < 4.78 is 0. The Bertz CT molecular complexity index is 901. The average Bonchev–Trinajstić information content (AvgIpc) is 2.69. The number of amides is 2. The van der Waals surface area contributed by atoms with Crippen LogP contribution in [-0.2, 0) is 4.79 Å². The SMILES string of the molecule is Cc1cc(C)c(NC(=O)C(C)N2CCN(C(=O)c3cccc(Cl)c3)CC2)c(Cl)c1. The molecule has 1 saturated heterocycles. The first-order valence-electron chi connectivity index (χ1n) is 9.63. The number of nitrogens with one attached hydrogen (secondary N) is 1. The highest BCUT2D eigenvalue weighted by Crippen LogP contribution is 2.27. The highest BCUT2D eigenvalue weighted by Gasteiger charge is 2.28. The van der Waals surface area contributed by atoms with E-state index in [1.807, 2.05) is 32.9 Å². The van der Waals surface area contributed by atoms with E-state index >= 15 is 0 Å². The summed E-state index contributed by atoms with van der Waals surface area (Å²) in [6, 6.07) is 10.5. The van der Waals surface area contributed by atoms with Crippen molar-refractivity contribution in [3.63, 3.8) is 0 Å². The number of benzene rings is 2. The lowest BCUT2D eigenvalue weighted by atomic mass is 10.1. The van der Waals surface area contributed by atoms with E-state index in [9.17, 15) is 9.59 Å². The number of carbonyl (C=O) groups is 2. The number of aryl methyl sites for hydroxylation is 2. The van der Waals surface area contributed by atoms with Gasteiger partial charge in [0.2, 0.25) is 5.91 Å². The molecule has 1 fully saturated rings. The fourth-order valence-electron chi connectivity index (χ4n) is 3.58. The lowest BCUT2D eigenvalue weighted by Gasteiger charge is -2.37. The van der Waals surface area contributed by atoms with Crippen molar-refractivity contribution in [2.75, 3.05) is 31.5 Å². The summed E-state index contributed by atoms with van der Waals surface area (Å²) >= 11 is 12.3. The fourth-order valence-corrected chi connectivity index (χ4v) is 4.14. The molecule has 0 bridgehead atoms. The van der Waals surface area contributed by atoms with Gasteiger partial charge in [-0.15, -0.1) is 0 Å². The van der Waals surface area contributed by atoms with Crippen LogP contribution in [0, 0.1) is 13.8 Å². The van der Waals surface area contributed by atoms with Crippen molar-refractivity contribution in [3.05, 3.63) is 63.1 Å². The van der Waals surface area contributed by atoms with Crippen molar-refractivity contribution >= 4 is 40.7 Å². The summed E-state index contributed by atoms with van der Waals surface area (Å²) in [7, 11) is 0. The predicted molar refractivity (Wildman–Crippen MR) is 118 cm³/mol. The second-order valence-electron chi connectivity index (χ2n) is 7.44. The van der Waals surface area contributed by atoms with Crippen LogP contribution in [0.3, 0.4) is 0 Å². The molecule has 1 N–H and O–H groups in total. The van der Waals surface area contributed by atoms with Crippen molar-refractivity contribution in [2.45, 2.75) is 26.8 Å². The summed E-state index contributed by atoms with van der Waals surface area (Å²) in [5.41, 5.74) is 3.23. The minimum atomic E-state index is -0.324. The summed E-state index contributed by atoms with van der Waals surface area (Å²) in [5, 5.41) is 4.05. The van der Waals surface area contributed by atoms with Gasteiger partial charge in [0, 0.05) is 36.8 Å². The molecule has 2 aromatic rings. The zero-order valence-corrected chi connectivity index (χ0v) is 18.3. The molecular weight excluding hydrogens is 409 g/mol. The predicted octanol–water partition coefficient (Wildman–Crippen LogP) is 4.40. The van der Waals surface area contributed by atoms with E-state index in [1.54, 1.807) is 29.2 Å². The Morgan fingerprint density at radius 1 is 1.03 bits per heavy atom. The van der Waals surface area contributed by atoms with E-state index < -0.39 is 0 Å². The summed E-state index contributed by atoms with van der Waals surface area (Å²) in [5.74, 6) is -0.139. The van der Waals surface area contributed by atoms with Crippen LogP contribution in [0.25, 0.3) is 0 Å². The molecule has 0 saturated carbocycles. The third kappa shape index (κ3) is 5.10. The first-order chi connectivity index (χ1) is 13.8. The van der Waals surface area contributed by atoms with E-state index in [1.165, 1.54) is 0 Å². The van der Waals surface area contributed by atoms with E-state index in [0.29, 0.717) is 47.5 Å². The van der Waals surface area contributed by atoms with Gasteiger partial charge >= 0.3 is 0 Å². The van der Waals surface area contributed by atoms with Crippen LogP contribution in [-0.4, -0.2) is 53.8 Å². The minimum absolute atomic E-state index is 0.0358. The summed E-state index contributed by atoms with van der Waals surface area (Å²) in [6.07, 6.45) is 0. The Labute approximate surface area is 181 Å². The molecule has 3 rings (SSSR count). The van der Waals surface area contributed by atoms with Crippen LogP contribution in [0.2, 0.25) is 10.0 Å². The zero-order chi connectivity index (χ0) is 21.1. The third-order valence-electron chi connectivity index (χ3n) is 5.28. The maximum atomic E-state index is 12.8. The Morgan fingerprint density at radius 3 is 2.34 bits per heavy atom. The van der Waals surface area contributed by atoms with Gasteiger partial charge in [-0.3, -0.25) is 14.5 Å². The molecule has 0 radical (unpaired) electrons. The van der Waals surface area contributed by atoms with Gasteiger partial charge in [0.25, 0.3) is 5.91 Å². The van der Waals surface area contributed by atoms with Crippen molar-refractivity contribution in [2.24, 2.45) is 0 Å². The standard InChI is InChI=1S/C22H25Cl2N3O2/c1-14-11-15(2)20(19(24)12-14)25-21(28)16(3)26-7-9-27(10-8-26)22(29)17-5-4-6-18(23)13-17/h4-6,11-13,16H,7-10H2,1-3H3,(H,25,28). The first kappa shape index (κ1) is 21.6. The number of carbonyl (C=O) groups excluding carboxylic acids is 2. The number of nitrogens with zero attached hydrogens (tertiary/aromatic N) is 2. The molecule has 1 unspecified atom stereocenters. The number of rotatable bonds is 4. The van der Waals surface area contributed by atoms with Crippen LogP contribution in [0.5, 0.6) is 0 Å². The second-order valence-corrected chi connectivity index (χ2v) is 8.29. The quantitative estimate of drug-likeness (QED) is 0.777. The molecule has 7 heteroatoms. The molecule has 1 aliphatic heterocycles. The largest absolute Gasteiger partial charge is 0.336 e. The number of hydrogen-bond acceptors (Lipinski definition) is 3. The van der Waals surface area contributed by atoms with E-state index in [4.69, 9.17) is 23.2 Å². The average molecular weight is 434 g/mol. The zero-order valence-electron chi connectivity index (χ0n) is 16.8. The molecule has 5 nitrogen and oxygen atoms in total. The summed E-state index contributed by atoms with van der Waals surface area (Å²) in [6.45, 7) is 8.15. The highest BCUT2D eigenvalue weighted by atomic mass is 35.5. The van der Waals surface area contributed by atoms with Crippen LogP contribution in [0.15, 0.2) is 36.4 Å². The van der Waals surface area contributed by atoms with Gasteiger partial charge in [-0.05, 0) is 56.2 Å². The molecule has 2 aromatic carbocycles. The van der Waals surface area contributed by atoms with Gasteiger partial charge in [0.15, 0.2) is 0 Å². The lowest BCUT2D eigenvalue weighted by molar-refractivity contribution is -0.121. The van der Waals surface area contributed by atoms with Gasteiger partial charge in [0.1, 0.15) is 0 Å². The lowest BCUT2D eigenvalue weighted by Crippen LogP contribution is -2.54. The molecule has 154 valence electrons. The number of anilines is 1. The molecule has 1 atom stereocenters. The van der Waals surface area contributed by atoms with Crippen molar-refractivity contribution in [3.8, 4) is 0 Å². The van der Waals surface area contributed by atoms with Gasteiger partial charge in [0.05, 0.1) is 16.8 Å². The highest BCUT2D eigenvalue weighted by molar-refractivity contribution is 6.34. The van der Waals surface area contributed by atoms with Crippen LogP contribution in [0.4, 0.5) is 5.69 Å². The Balaban J connectivity index is 1.59. The van der Waals surface area contributed by atoms with Gasteiger partial charge in [-0.2, -0.15) is 0 Å². The minimum Gasteiger partial charge on any atom is -0.336 e. The number of halogens is 2. The molecule has 2 amide bonds. The van der Waals surface area contributed by atoms with Crippen molar-refractivity contribution < 1.29 is 9.59 Å². The smallest absolute Gasteiger partial charge is 0.253 e.